The van der Waals surface area contributed by atoms with E-state index in [9.17, 15) is 0 Å². The minimum atomic E-state index is 0.653. The minimum absolute atomic E-state index is 0.653. The van der Waals surface area contributed by atoms with Crippen LogP contribution >= 0.6 is 0 Å². The van der Waals surface area contributed by atoms with E-state index < -0.39 is 0 Å². The second-order valence-electron chi connectivity index (χ2n) is 2.98. The fraction of sp³-hybridized carbons (Fsp3) is 0.0833. The molecule has 0 heterocycles. The van der Waals surface area contributed by atoms with E-state index in [1.165, 1.54) is 0 Å². The first kappa shape index (κ1) is 8.58. The molecule has 0 aliphatic carbocycles. The molecule has 0 unspecified atom stereocenters. The average Bonchev–Trinajstić information content (AvgIpc) is 2.27. The second kappa shape index (κ2) is 3.39. The monoisotopic (exact) mass is 183 g/mol. The van der Waals surface area contributed by atoms with Crippen molar-refractivity contribution >= 4 is 10.8 Å². The molecule has 0 radical (unpaired) electrons. The Hall–Kier alpha value is -2.01. The molecule has 0 aliphatic heterocycles. The molecule has 68 valence electrons. The summed E-state index contributed by atoms with van der Waals surface area (Å²) in [6.45, 7) is 0. The van der Waals surface area contributed by atoms with Crippen molar-refractivity contribution in [2.45, 2.75) is 0 Å². The van der Waals surface area contributed by atoms with Gasteiger partial charge in [0.05, 0.1) is 18.7 Å². The summed E-state index contributed by atoms with van der Waals surface area (Å²) in [5, 5.41) is 10.9. The SMILES string of the molecule is COc1cccc2cccc(C#N)c12. The summed E-state index contributed by atoms with van der Waals surface area (Å²) in [5.41, 5.74) is 0.653. The van der Waals surface area contributed by atoms with Crippen molar-refractivity contribution in [2.75, 3.05) is 7.11 Å². The standard InChI is InChI=1S/C12H9NO/c1-14-11-7-3-5-9-4-2-6-10(8-13)12(9)11/h2-7H,1H3. The van der Waals surface area contributed by atoms with Gasteiger partial charge in [0.25, 0.3) is 0 Å². The van der Waals surface area contributed by atoms with Gasteiger partial charge in [-0.05, 0) is 17.5 Å². The highest BCUT2D eigenvalue weighted by Gasteiger charge is 2.04. The third-order valence-corrected chi connectivity index (χ3v) is 2.21. The molecule has 0 amide bonds. The largest absolute Gasteiger partial charge is 0.496 e. The number of nitrogens with zero attached hydrogens (tertiary/aromatic N) is 1. The van der Waals surface area contributed by atoms with Crippen molar-refractivity contribution in [2.24, 2.45) is 0 Å². The van der Waals surface area contributed by atoms with Crippen LogP contribution in [0.4, 0.5) is 0 Å². The Labute approximate surface area is 82.3 Å². The van der Waals surface area contributed by atoms with E-state index in [0.29, 0.717) is 5.56 Å². The molecular weight excluding hydrogens is 174 g/mol. The van der Waals surface area contributed by atoms with Crippen LogP contribution in [0, 0.1) is 11.3 Å². The van der Waals surface area contributed by atoms with Crippen molar-refractivity contribution in [3.63, 3.8) is 0 Å². The van der Waals surface area contributed by atoms with Crippen LogP contribution in [-0.2, 0) is 0 Å². The maximum atomic E-state index is 8.95. The Morgan fingerprint density at radius 2 is 1.86 bits per heavy atom. The van der Waals surface area contributed by atoms with Gasteiger partial charge in [-0.2, -0.15) is 5.26 Å². The summed E-state index contributed by atoms with van der Waals surface area (Å²) in [5.74, 6) is 0.750. The lowest BCUT2D eigenvalue weighted by Crippen LogP contribution is -1.87. The van der Waals surface area contributed by atoms with E-state index in [1.807, 2.05) is 30.3 Å². The van der Waals surface area contributed by atoms with Crippen LogP contribution in [0.25, 0.3) is 10.8 Å². The van der Waals surface area contributed by atoms with Crippen molar-refractivity contribution < 1.29 is 4.74 Å². The van der Waals surface area contributed by atoms with Crippen molar-refractivity contribution in [1.29, 1.82) is 5.26 Å². The molecule has 2 nitrogen and oxygen atoms in total. The van der Waals surface area contributed by atoms with Gasteiger partial charge in [-0.1, -0.05) is 24.3 Å². The maximum Gasteiger partial charge on any atom is 0.128 e. The fourth-order valence-corrected chi connectivity index (χ4v) is 1.57. The van der Waals surface area contributed by atoms with Gasteiger partial charge in [-0.3, -0.25) is 0 Å². The first-order valence-corrected chi connectivity index (χ1v) is 4.32. The van der Waals surface area contributed by atoms with E-state index in [-0.39, 0.29) is 0 Å². The Bertz CT molecular complexity index is 506. The molecule has 0 aromatic heterocycles. The smallest absolute Gasteiger partial charge is 0.128 e. The first-order chi connectivity index (χ1) is 6.86. The lowest BCUT2D eigenvalue weighted by molar-refractivity contribution is 0.420. The van der Waals surface area contributed by atoms with Gasteiger partial charge in [0.2, 0.25) is 0 Å². The summed E-state index contributed by atoms with van der Waals surface area (Å²) in [6, 6.07) is 13.6. The highest BCUT2D eigenvalue weighted by molar-refractivity contribution is 5.93. The minimum Gasteiger partial charge on any atom is -0.496 e. The van der Waals surface area contributed by atoms with Gasteiger partial charge in [0.15, 0.2) is 0 Å². The lowest BCUT2D eigenvalue weighted by Gasteiger charge is -2.05. The van der Waals surface area contributed by atoms with Crippen molar-refractivity contribution in [3.8, 4) is 11.8 Å². The number of ether oxygens (including phenoxy) is 1. The zero-order chi connectivity index (χ0) is 9.97. The van der Waals surface area contributed by atoms with Crippen LogP contribution in [0.15, 0.2) is 36.4 Å². The number of methoxy groups -OCH3 is 1. The predicted molar refractivity (Wildman–Crippen MR) is 55.2 cm³/mol. The molecule has 0 aliphatic rings. The molecule has 0 atom stereocenters. The van der Waals surface area contributed by atoms with E-state index in [4.69, 9.17) is 10.00 Å². The summed E-state index contributed by atoms with van der Waals surface area (Å²) in [6.07, 6.45) is 0. The van der Waals surface area contributed by atoms with Gasteiger partial charge >= 0.3 is 0 Å². The fourth-order valence-electron chi connectivity index (χ4n) is 1.57. The first-order valence-electron chi connectivity index (χ1n) is 4.32. The quantitative estimate of drug-likeness (QED) is 0.681. The third-order valence-electron chi connectivity index (χ3n) is 2.21. The van der Waals surface area contributed by atoms with Gasteiger partial charge in [0, 0.05) is 5.39 Å². The summed E-state index contributed by atoms with van der Waals surface area (Å²) >= 11 is 0. The molecule has 0 spiro atoms. The Morgan fingerprint density at radius 3 is 2.50 bits per heavy atom. The van der Waals surface area contributed by atoms with Gasteiger partial charge in [-0.25, -0.2) is 0 Å². The second-order valence-corrected chi connectivity index (χ2v) is 2.98. The van der Waals surface area contributed by atoms with Gasteiger partial charge < -0.3 is 4.74 Å². The van der Waals surface area contributed by atoms with Crippen LogP contribution in [-0.4, -0.2) is 7.11 Å². The van der Waals surface area contributed by atoms with Crippen LogP contribution in [0.1, 0.15) is 5.56 Å². The third kappa shape index (κ3) is 1.20. The molecule has 2 rings (SSSR count). The predicted octanol–water partition coefficient (Wildman–Crippen LogP) is 2.72. The summed E-state index contributed by atoms with van der Waals surface area (Å²) < 4.78 is 5.22. The number of benzene rings is 2. The normalized spacial score (nSPS) is 9.71. The topological polar surface area (TPSA) is 33.0 Å². The van der Waals surface area contributed by atoms with Crippen LogP contribution in [0.2, 0.25) is 0 Å². The van der Waals surface area contributed by atoms with Crippen LogP contribution in [0.5, 0.6) is 5.75 Å². The molecule has 0 N–H and O–H groups in total. The van der Waals surface area contributed by atoms with Gasteiger partial charge in [-0.15, -0.1) is 0 Å². The maximum absolute atomic E-state index is 8.95. The molecule has 0 saturated carbocycles. The highest BCUT2D eigenvalue weighted by atomic mass is 16.5. The van der Waals surface area contributed by atoms with E-state index in [0.717, 1.165) is 16.5 Å². The Kier molecular flexibility index (Phi) is 2.08. The van der Waals surface area contributed by atoms with Gasteiger partial charge in [0.1, 0.15) is 5.75 Å². The summed E-state index contributed by atoms with van der Waals surface area (Å²) in [4.78, 5) is 0. The van der Waals surface area contributed by atoms with E-state index >= 15 is 0 Å². The molecule has 0 fully saturated rings. The number of rotatable bonds is 1. The highest BCUT2D eigenvalue weighted by Crippen LogP contribution is 2.27. The molecule has 2 aromatic rings. The van der Waals surface area contributed by atoms with E-state index in [1.54, 1.807) is 13.2 Å². The zero-order valence-corrected chi connectivity index (χ0v) is 7.82. The van der Waals surface area contributed by atoms with Crippen LogP contribution in [0.3, 0.4) is 0 Å². The zero-order valence-electron chi connectivity index (χ0n) is 7.82. The molecule has 2 aromatic carbocycles. The molecule has 0 bridgehead atoms. The molecule has 14 heavy (non-hydrogen) atoms. The number of hydrogen-bond donors (Lipinski definition) is 0. The Morgan fingerprint density at radius 1 is 1.14 bits per heavy atom. The Balaban J connectivity index is 2.90. The number of fused-ring (bicyclic) bond motifs is 1. The van der Waals surface area contributed by atoms with Crippen molar-refractivity contribution in [1.82, 2.24) is 0 Å². The average molecular weight is 183 g/mol. The van der Waals surface area contributed by atoms with Crippen molar-refractivity contribution in [3.05, 3.63) is 42.0 Å². The number of hydrogen-bond acceptors (Lipinski definition) is 2. The molecule has 2 heteroatoms. The number of nitriles is 1. The molecule has 0 saturated heterocycles. The van der Waals surface area contributed by atoms with E-state index in [2.05, 4.69) is 6.07 Å². The summed E-state index contributed by atoms with van der Waals surface area (Å²) in [7, 11) is 1.61. The lowest BCUT2D eigenvalue weighted by atomic mass is 10.0. The van der Waals surface area contributed by atoms with Crippen LogP contribution < -0.4 is 4.74 Å². The molecular formula is C12H9NO.